The smallest absolute Gasteiger partial charge is 0.141 e. The summed E-state index contributed by atoms with van der Waals surface area (Å²) in [4.78, 5) is 0. The van der Waals surface area contributed by atoms with Crippen molar-refractivity contribution in [3.8, 4) is 0 Å². The second-order valence-corrected chi connectivity index (χ2v) is 3.35. The molecule has 1 saturated carbocycles. The predicted octanol–water partition coefficient (Wildman–Crippen LogP) is -2.45. The van der Waals surface area contributed by atoms with Crippen LogP contribution < -0.4 is 5.73 Å². The second kappa shape index (κ2) is 3.27. The quantitative estimate of drug-likeness (QED) is 0.306. The van der Waals surface area contributed by atoms with E-state index in [0.29, 0.717) is 12.8 Å². The summed E-state index contributed by atoms with van der Waals surface area (Å²) in [5.74, 6) is 0. The maximum atomic E-state index is 9.56. The lowest BCUT2D eigenvalue weighted by molar-refractivity contribution is -0.191. The minimum Gasteiger partial charge on any atom is -0.393 e. The lowest BCUT2D eigenvalue weighted by atomic mass is 9.78. The summed E-state index contributed by atoms with van der Waals surface area (Å²) in [6.45, 7) is -0.678. The number of rotatable bonds is 1. The van der Waals surface area contributed by atoms with Gasteiger partial charge in [-0.25, -0.2) is 0 Å². The molecule has 0 aromatic carbocycles. The molecule has 72 valence electrons. The average Bonchev–Trinajstić information content (AvgIpc) is 2.08. The van der Waals surface area contributed by atoms with Gasteiger partial charge in [-0.05, 0) is 12.8 Å². The molecule has 1 aliphatic rings. The predicted molar refractivity (Wildman–Crippen MR) is 41.3 cm³/mol. The van der Waals surface area contributed by atoms with Crippen LogP contribution in [0.4, 0.5) is 0 Å². The van der Waals surface area contributed by atoms with Crippen molar-refractivity contribution in [2.45, 2.75) is 36.7 Å². The van der Waals surface area contributed by atoms with Crippen LogP contribution in [0.25, 0.3) is 0 Å². The van der Waals surface area contributed by atoms with Gasteiger partial charge >= 0.3 is 0 Å². The fourth-order valence-corrected chi connectivity index (χ4v) is 1.52. The molecule has 0 heterocycles. The van der Waals surface area contributed by atoms with Crippen molar-refractivity contribution < 1.29 is 20.4 Å². The molecule has 12 heavy (non-hydrogen) atoms. The Labute approximate surface area is 70.4 Å². The minimum absolute atomic E-state index is 0.301. The van der Waals surface area contributed by atoms with Gasteiger partial charge in [0.15, 0.2) is 0 Å². The van der Waals surface area contributed by atoms with E-state index in [9.17, 15) is 15.3 Å². The Kier molecular flexibility index (Phi) is 2.70. The van der Waals surface area contributed by atoms with E-state index in [1.165, 1.54) is 0 Å². The molecule has 0 aromatic heterocycles. The lowest BCUT2D eigenvalue weighted by Gasteiger charge is -2.42. The van der Waals surface area contributed by atoms with Crippen LogP contribution in [-0.4, -0.2) is 50.9 Å². The second-order valence-electron chi connectivity index (χ2n) is 3.35. The summed E-state index contributed by atoms with van der Waals surface area (Å²) in [5, 5.41) is 37.0. The topological polar surface area (TPSA) is 107 Å². The number of nitrogens with two attached hydrogens (primary N) is 1. The zero-order valence-corrected chi connectivity index (χ0v) is 6.72. The first-order chi connectivity index (χ1) is 5.52. The van der Waals surface area contributed by atoms with E-state index in [1.54, 1.807) is 0 Å². The molecule has 0 amide bonds. The third kappa shape index (κ3) is 1.34. The molecule has 5 heteroatoms. The highest BCUT2D eigenvalue weighted by atomic mass is 16.4. The number of aliphatic hydroxyl groups excluding tert-OH is 3. The SMILES string of the molecule is N[C@H]1CC[C@@H](O)[C@@](O)(CO)[C@@H]1O. The first-order valence-electron chi connectivity index (χ1n) is 3.97. The van der Waals surface area contributed by atoms with Gasteiger partial charge in [0.2, 0.25) is 0 Å². The summed E-state index contributed by atoms with van der Waals surface area (Å²) < 4.78 is 0. The summed E-state index contributed by atoms with van der Waals surface area (Å²) in [7, 11) is 0. The van der Waals surface area contributed by atoms with Gasteiger partial charge in [0.1, 0.15) is 11.7 Å². The van der Waals surface area contributed by atoms with Gasteiger partial charge in [-0.1, -0.05) is 0 Å². The monoisotopic (exact) mass is 177 g/mol. The fraction of sp³-hybridized carbons (Fsp3) is 1.00. The average molecular weight is 177 g/mol. The molecular weight excluding hydrogens is 162 g/mol. The molecule has 1 rings (SSSR count). The van der Waals surface area contributed by atoms with Crippen LogP contribution in [0.15, 0.2) is 0 Å². The van der Waals surface area contributed by atoms with Crippen LogP contribution in [0.3, 0.4) is 0 Å². The summed E-state index contributed by atoms with van der Waals surface area (Å²) in [6, 6.07) is -0.578. The Bertz CT molecular complexity index is 165. The van der Waals surface area contributed by atoms with Crippen molar-refractivity contribution in [1.82, 2.24) is 0 Å². The number of hydrogen-bond acceptors (Lipinski definition) is 5. The third-order valence-electron chi connectivity index (χ3n) is 2.52. The highest BCUT2D eigenvalue weighted by Crippen LogP contribution is 2.27. The largest absolute Gasteiger partial charge is 0.393 e. The molecule has 0 aromatic rings. The maximum Gasteiger partial charge on any atom is 0.141 e. The molecule has 0 saturated heterocycles. The Morgan fingerprint density at radius 2 is 1.92 bits per heavy atom. The number of aliphatic hydroxyl groups is 4. The molecule has 0 radical (unpaired) electrons. The van der Waals surface area contributed by atoms with Crippen LogP contribution in [0.1, 0.15) is 12.8 Å². The molecular formula is C7H15NO4. The van der Waals surface area contributed by atoms with E-state index in [4.69, 9.17) is 10.8 Å². The van der Waals surface area contributed by atoms with Crippen LogP contribution >= 0.6 is 0 Å². The highest BCUT2D eigenvalue weighted by Gasteiger charge is 2.48. The van der Waals surface area contributed by atoms with E-state index in [2.05, 4.69) is 0 Å². The summed E-state index contributed by atoms with van der Waals surface area (Å²) in [6.07, 6.45) is -1.61. The van der Waals surface area contributed by atoms with Crippen molar-refractivity contribution in [3.63, 3.8) is 0 Å². The standard InChI is InChI=1S/C7H15NO4/c8-4-1-2-5(10)7(12,3-9)6(4)11/h4-6,9-12H,1-3,8H2/t4-,5+,6+,7-/m0/s1. The third-order valence-corrected chi connectivity index (χ3v) is 2.52. The number of hydrogen-bond donors (Lipinski definition) is 5. The Hall–Kier alpha value is -0.200. The highest BCUT2D eigenvalue weighted by molar-refractivity contribution is 5.01. The molecule has 1 aliphatic carbocycles. The van der Waals surface area contributed by atoms with Crippen molar-refractivity contribution >= 4 is 0 Å². The molecule has 5 nitrogen and oxygen atoms in total. The summed E-state index contributed by atoms with van der Waals surface area (Å²) >= 11 is 0. The molecule has 6 N–H and O–H groups in total. The van der Waals surface area contributed by atoms with Gasteiger partial charge in [0.05, 0.1) is 12.7 Å². The van der Waals surface area contributed by atoms with Crippen LogP contribution in [-0.2, 0) is 0 Å². The summed E-state index contributed by atoms with van der Waals surface area (Å²) in [5.41, 5.74) is 3.61. The van der Waals surface area contributed by atoms with E-state index >= 15 is 0 Å². The van der Waals surface area contributed by atoms with Crippen molar-refractivity contribution in [3.05, 3.63) is 0 Å². The lowest BCUT2D eigenvalue weighted by Crippen LogP contribution is -2.64. The van der Waals surface area contributed by atoms with E-state index in [0.717, 1.165) is 0 Å². The van der Waals surface area contributed by atoms with Gasteiger partial charge in [0.25, 0.3) is 0 Å². The molecule has 0 aliphatic heterocycles. The molecule has 4 atom stereocenters. The molecule has 0 bridgehead atoms. The van der Waals surface area contributed by atoms with Crippen LogP contribution in [0.2, 0.25) is 0 Å². The van der Waals surface area contributed by atoms with Crippen molar-refractivity contribution in [2.75, 3.05) is 6.61 Å². The first kappa shape index (κ1) is 9.88. The molecule has 0 spiro atoms. The minimum atomic E-state index is -1.85. The van der Waals surface area contributed by atoms with E-state index < -0.39 is 30.5 Å². The molecule has 1 fully saturated rings. The normalized spacial score (nSPS) is 49.2. The van der Waals surface area contributed by atoms with Gasteiger partial charge in [-0.3, -0.25) is 0 Å². The Balaban J connectivity index is 2.78. The van der Waals surface area contributed by atoms with Crippen molar-refractivity contribution in [2.24, 2.45) is 5.73 Å². The molecule has 0 unspecified atom stereocenters. The van der Waals surface area contributed by atoms with Gasteiger partial charge < -0.3 is 26.2 Å². The van der Waals surface area contributed by atoms with Crippen LogP contribution in [0, 0.1) is 0 Å². The van der Waals surface area contributed by atoms with Crippen molar-refractivity contribution in [1.29, 1.82) is 0 Å². The maximum absolute atomic E-state index is 9.56. The van der Waals surface area contributed by atoms with Crippen LogP contribution in [0.5, 0.6) is 0 Å². The zero-order valence-electron chi connectivity index (χ0n) is 6.72. The van der Waals surface area contributed by atoms with Gasteiger partial charge in [0, 0.05) is 6.04 Å². The zero-order chi connectivity index (χ0) is 9.35. The van der Waals surface area contributed by atoms with E-state index in [1.807, 2.05) is 0 Å². The van der Waals surface area contributed by atoms with Gasteiger partial charge in [-0.15, -0.1) is 0 Å². The van der Waals surface area contributed by atoms with E-state index in [-0.39, 0.29) is 0 Å². The Morgan fingerprint density at radius 3 is 2.33 bits per heavy atom. The Morgan fingerprint density at radius 1 is 1.33 bits per heavy atom. The fourth-order valence-electron chi connectivity index (χ4n) is 1.52. The first-order valence-corrected chi connectivity index (χ1v) is 3.97. The van der Waals surface area contributed by atoms with Gasteiger partial charge in [-0.2, -0.15) is 0 Å².